The zero-order valence-corrected chi connectivity index (χ0v) is 14.1. The number of hydrogen-bond acceptors (Lipinski definition) is 4. The van der Waals surface area contributed by atoms with Crippen molar-refractivity contribution in [3.05, 3.63) is 0 Å². The van der Waals surface area contributed by atoms with Gasteiger partial charge in [0.15, 0.2) is 0 Å². The molecule has 0 radical (unpaired) electrons. The van der Waals surface area contributed by atoms with E-state index in [1.807, 2.05) is 0 Å². The fourth-order valence-electron chi connectivity index (χ4n) is 3.98. The van der Waals surface area contributed by atoms with Gasteiger partial charge in [0.1, 0.15) is 11.6 Å². The molecule has 0 aliphatic carbocycles. The number of hydrogen-bond donors (Lipinski definition) is 2. The Bertz CT molecular complexity index is 494. The number of primary amides is 2. The van der Waals surface area contributed by atoms with Crippen LogP contribution >= 0.6 is 0 Å². The van der Waals surface area contributed by atoms with Gasteiger partial charge in [-0.15, -0.1) is 0 Å². The molecule has 1 unspecified atom stereocenters. The lowest BCUT2D eigenvalue weighted by molar-refractivity contribution is -0.143. The Kier molecular flexibility index (Phi) is 5.29. The molecule has 2 aliphatic heterocycles. The second-order valence-corrected chi connectivity index (χ2v) is 7.15. The molecule has 2 heterocycles. The molecule has 2 saturated heterocycles. The molecule has 0 aromatic heterocycles. The predicted molar refractivity (Wildman–Crippen MR) is 86.1 cm³/mol. The van der Waals surface area contributed by atoms with Gasteiger partial charge < -0.3 is 16.4 Å². The first-order chi connectivity index (χ1) is 10.8. The average molecular weight is 324 g/mol. The van der Waals surface area contributed by atoms with Gasteiger partial charge in [0.2, 0.25) is 17.7 Å². The largest absolute Gasteiger partial charge is 0.370 e. The highest BCUT2D eigenvalue weighted by Gasteiger charge is 2.54. The fourth-order valence-corrected chi connectivity index (χ4v) is 3.98. The third kappa shape index (κ3) is 3.49. The van der Waals surface area contributed by atoms with Crippen LogP contribution in [0.5, 0.6) is 0 Å². The maximum Gasteiger partial charge on any atom is 0.243 e. The molecule has 1 spiro atoms. The van der Waals surface area contributed by atoms with E-state index in [9.17, 15) is 14.4 Å². The van der Waals surface area contributed by atoms with Crippen LogP contribution in [-0.4, -0.2) is 58.7 Å². The van der Waals surface area contributed by atoms with E-state index < -0.39 is 23.4 Å². The highest BCUT2D eigenvalue weighted by atomic mass is 16.2. The molecule has 7 heteroatoms. The van der Waals surface area contributed by atoms with Crippen LogP contribution in [0.25, 0.3) is 0 Å². The first kappa shape index (κ1) is 17.7. The molecular formula is C16H28N4O3. The lowest BCUT2D eigenvalue weighted by Crippen LogP contribution is -2.54. The van der Waals surface area contributed by atoms with Crippen LogP contribution in [0.2, 0.25) is 0 Å². The summed E-state index contributed by atoms with van der Waals surface area (Å²) in [6, 6.07) is -0.740. The Balaban J connectivity index is 2.15. The van der Waals surface area contributed by atoms with Gasteiger partial charge >= 0.3 is 0 Å². The molecule has 2 aliphatic rings. The third-order valence-corrected chi connectivity index (χ3v) is 5.00. The molecule has 0 aromatic rings. The zero-order chi connectivity index (χ0) is 17.2. The molecule has 0 saturated carbocycles. The van der Waals surface area contributed by atoms with E-state index in [0.29, 0.717) is 12.5 Å². The van der Waals surface area contributed by atoms with Crippen molar-refractivity contribution in [2.45, 2.75) is 57.5 Å². The summed E-state index contributed by atoms with van der Waals surface area (Å²) in [4.78, 5) is 39.7. The summed E-state index contributed by atoms with van der Waals surface area (Å²) >= 11 is 0. The van der Waals surface area contributed by atoms with Crippen LogP contribution in [0.3, 0.4) is 0 Å². The smallest absolute Gasteiger partial charge is 0.243 e. The van der Waals surface area contributed by atoms with Crippen molar-refractivity contribution in [2.24, 2.45) is 17.4 Å². The summed E-state index contributed by atoms with van der Waals surface area (Å²) in [5.41, 5.74) is 10.2. The molecule has 4 N–H and O–H groups in total. The van der Waals surface area contributed by atoms with Crippen molar-refractivity contribution in [1.82, 2.24) is 9.80 Å². The molecule has 0 aromatic carbocycles. The van der Waals surface area contributed by atoms with Crippen LogP contribution in [0, 0.1) is 5.92 Å². The van der Waals surface area contributed by atoms with E-state index >= 15 is 0 Å². The summed E-state index contributed by atoms with van der Waals surface area (Å²) in [5, 5.41) is 0. The van der Waals surface area contributed by atoms with Crippen molar-refractivity contribution in [1.29, 1.82) is 0 Å². The standard InChI is InChI=1S/C16H28N4O3/c1-11(2)10-19-8-3-6-16(19)7-9-20(15(16)23)12(14(18)22)4-5-13(17)21/h11-12H,3-10H2,1-2H3,(H2,17,21)(H2,18,22)/t12-,16?/m0/s1. The molecule has 2 atom stereocenters. The summed E-state index contributed by atoms with van der Waals surface area (Å²) < 4.78 is 0. The van der Waals surface area contributed by atoms with Gasteiger partial charge in [-0.3, -0.25) is 19.3 Å². The highest BCUT2D eigenvalue weighted by molar-refractivity contribution is 5.93. The topological polar surface area (TPSA) is 110 Å². The fraction of sp³-hybridized carbons (Fsp3) is 0.812. The van der Waals surface area contributed by atoms with Crippen molar-refractivity contribution in [3.63, 3.8) is 0 Å². The van der Waals surface area contributed by atoms with E-state index in [1.165, 1.54) is 0 Å². The van der Waals surface area contributed by atoms with E-state index in [-0.39, 0.29) is 18.7 Å². The normalized spacial score (nSPS) is 26.4. The molecule has 3 amide bonds. The number of rotatable bonds is 7. The highest BCUT2D eigenvalue weighted by Crippen LogP contribution is 2.40. The lowest BCUT2D eigenvalue weighted by Gasteiger charge is -2.35. The number of nitrogens with two attached hydrogens (primary N) is 2. The Hall–Kier alpha value is -1.63. The van der Waals surface area contributed by atoms with Crippen molar-refractivity contribution < 1.29 is 14.4 Å². The van der Waals surface area contributed by atoms with Gasteiger partial charge in [-0.1, -0.05) is 13.8 Å². The summed E-state index contributed by atoms with van der Waals surface area (Å²) in [7, 11) is 0. The van der Waals surface area contributed by atoms with Gasteiger partial charge in [-0.25, -0.2) is 0 Å². The van der Waals surface area contributed by atoms with E-state index in [0.717, 1.165) is 32.4 Å². The molecule has 0 bridgehead atoms. The van der Waals surface area contributed by atoms with E-state index in [4.69, 9.17) is 11.5 Å². The SMILES string of the molecule is CC(C)CN1CCCC12CCN([C@@H](CCC(N)=O)C(N)=O)C2=O. The van der Waals surface area contributed by atoms with E-state index in [2.05, 4.69) is 18.7 Å². The Morgan fingerprint density at radius 2 is 1.91 bits per heavy atom. The molecule has 2 rings (SSSR count). The van der Waals surface area contributed by atoms with Crippen molar-refractivity contribution >= 4 is 17.7 Å². The second-order valence-electron chi connectivity index (χ2n) is 7.15. The first-order valence-corrected chi connectivity index (χ1v) is 8.41. The van der Waals surface area contributed by atoms with Gasteiger partial charge in [-0.05, 0) is 38.1 Å². The van der Waals surface area contributed by atoms with Crippen LogP contribution in [0.4, 0.5) is 0 Å². The molecule has 2 fully saturated rings. The molecule has 130 valence electrons. The summed E-state index contributed by atoms with van der Waals surface area (Å²) in [6.07, 6.45) is 2.81. The maximum atomic E-state index is 13.1. The first-order valence-electron chi connectivity index (χ1n) is 8.41. The second kappa shape index (κ2) is 6.86. The molecule has 7 nitrogen and oxygen atoms in total. The van der Waals surface area contributed by atoms with Gasteiger partial charge in [0.25, 0.3) is 0 Å². The average Bonchev–Trinajstić information content (AvgIpc) is 2.97. The predicted octanol–water partition coefficient (Wildman–Crippen LogP) is -0.171. The van der Waals surface area contributed by atoms with Gasteiger partial charge in [0.05, 0.1) is 0 Å². The molecular weight excluding hydrogens is 296 g/mol. The van der Waals surface area contributed by atoms with Crippen molar-refractivity contribution in [2.75, 3.05) is 19.6 Å². The van der Waals surface area contributed by atoms with Crippen LogP contribution < -0.4 is 11.5 Å². The number of nitrogens with zero attached hydrogens (tertiary/aromatic N) is 2. The Labute approximate surface area is 137 Å². The Morgan fingerprint density at radius 3 is 2.48 bits per heavy atom. The summed E-state index contributed by atoms with van der Waals surface area (Å²) in [5.74, 6) is -0.581. The quantitative estimate of drug-likeness (QED) is 0.677. The number of amides is 3. The minimum atomic E-state index is -0.740. The summed E-state index contributed by atoms with van der Waals surface area (Å²) in [6.45, 7) is 6.59. The zero-order valence-electron chi connectivity index (χ0n) is 14.1. The number of carbonyl (C=O) groups excluding carboxylic acids is 3. The van der Waals surface area contributed by atoms with E-state index in [1.54, 1.807) is 4.90 Å². The van der Waals surface area contributed by atoms with Gasteiger partial charge in [0, 0.05) is 19.5 Å². The van der Waals surface area contributed by atoms with Crippen LogP contribution in [0.15, 0.2) is 0 Å². The minimum Gasteiger partial charge on any atom is -0.370 e. The maximum absolute atomic E-state index is 13.1. The third-order valence-electron chi connectivity index (χ3n) is 5.00. The number of carbonyl (C=O) groups is 3. The molecule has 23 heavy (non-hydrogen) atoms. The minimum absolute atomic E-state index is 0.0103. The number of likely N-dealkylation sites (tertiary alicyclic amines) is 2. The Morgan fingerprint density at radius 1 is 1.22 bits per heavy atom. The monoisotopic (exact) mass is 324 g/mol. The van der Waals surface area contributed by atoms with Crippen molar-refractivity contribution in [3.8, 4) is 0 Å². The van der Waals surface area contributed by atoms with Crippen LogP contribution in [0.1, 0.15) is 46.0 Å². The van der Waals surface area contributed by atoms with Gasteiger partial charge in [-0.2, -0.15) is 0 Å². The van der Waals surface area contributed by atoms with Crippen LogP contribution in [-0.2, 0) is 14.4 Å². The lowest BCUT2D eigenvalue weighted by atomic mass is 9.93.